The molecule has 11 nitrogen and oxygen atoms in total. The molecule has 2 rings (SSSR count). The topological polar surface area (TPSA) is 168 Å². The Morgan fingerprint density at radius 1 is 0.977 bits per heavy atom. The highest BCUT2D eigenvalue weighted by molar-refractivity contribution is 5.75. The number of nitrogens with two attached hydrogens (primary N) is 2. The minimum atomic E-state index is -0.700. The second kappa shape index (κ2) is 21.5. The SMILES string of the molecule is CCCCCCCC/C=C/CCCCCCCC(=O)OC[C@H](CCOC(=O)[C@@H](N)C(C)C)Cn1cnc2c(=O)[nH]c(N)nc21. The molecule has 2 aromatic rings. The first-order chi connectivity index (χ1) is 21.2. The zero-order chi connectivity index (χ0) is 32.2. The number of nitrogens with zero attached hydrogens (tertiary/aromatic N) is 3. The molecule has 0 aliphatic rings. The van der Waals surface area contributed by atoms with Gasteiger partial charge < -0.3 is 25.5 Å². The van der Waals surface area contributed by atoms with Crippen LogP contribution >= 0.6 is 0 Å². The number of H-pyrrole nitrogens is 1. The van der Waals surface area contributed by atoms with Gasteiger partial charge in [-0.1, -0.05) is 84.3 Å². The first-order valence-electron chi connectivity index (χ1n) is 16.7. The number of allylic oxidation sites excluding steroid dienone is 2. The summed E-state index contributed by atoms with van der Waals surface area (Å²) in [5.74, 6) is -0.975. The standard InChI is InChI=1S/C33H56N6O5/c1-4-5-6-7-8-9-10-11-12-13-14-15-16-17-18-19-27(40)44-23-26(20-21-43-32(42)28(34)25(2)3)22-39-24-36-29-30(39)37-33(35)38-31(29)41/h11-12,24-26,28H,4-10,13-23,34H2,1-3H3,(H3,35,37,38,41)/b12-11+/t26-,28+/m1/s1. The Morgan fingerprint density at radius 2 is 1.61 bits per heavy atom. The Bertz CT molecular complexity index is 1190. The number of carbonyl (C=O) groups excluding carboxylic acids is 2. The van der Waals surface area contributed by atoms with E-state index in [-0.39, 0.29) is 42.5 Å². The molecule has 0 bridgehead atoms. The van der Waals surface area contributed by atoms with Crippen LogP contribution in [0.25, 0.3) is 11.2 Å². The molecule has 0 radical (unpaired) electrons. The first-order valence-corrected chi connectivity index (χ1v) is 16.7. The van der Waals surface area contributed by atoms with Gasteiger partial charge in [0.25, 0.3) is 5.56 Å². The molecule has 0 amide bonds. The van der Waals surface area contributed by atoms with Crippen molar-refractivity contribution in [3.8, 4) is 0 Å². The van der Waals surface area contributed by atoms with Gasteiger partial charge in [-0.3, -0.25) is 19.4 Å². The average molecular weight is 617 g/mol. The van der Waals surface area contributed by atoms with E-state index in [0.29, 0.717) is 25.0 Å². The van der Waals surface area contributed by atoms with E-state index in [0.717, 1.165) is 32.1 Å². The summed E-state index contributed by atoms with van der Waals surface area (Å²) in [6, 6.07) is -0.700. The van der Waals surface area contributed by atoms with Crippen molar-refractivity contribution < 1.29 is 19.1 Å². The fourth-order valence-corrected chi connectivity index (χ4v) is 4.93. The molecule has 2 heterocycles. The largest absolute Gasteiger partial charge is 0.465 e. The minimum absolute atomic E-state index is 0.0104. The smallest absolute Gasteiger partial charge is 0.323 e. The summed E-state index contributed by atoms with van der Waals surface area (Å²) in [6.07, 6.45) is 22.5. The lowest BCUT2D eigenvalue weighted by Gasteiger charge is -2.19. The van der Waals surface area contributed by atoms with Gasteiger partial charge in [-0.15, -0.1) is 0 Å². The third kappa shape index (κ3) is 14.5. The normalized spacial score (nSPS) is 13.1. The predicted molar refractivity (Wildman–Crippen MR) is 175 cm³/mol. The minimum Gasteiger partial charge on any atom is -0.465 e. The van der Waals surface area contributed by atoms with Crippen LogP contribution in [0.4, 0.5) is 5.95 Å². The van der Waals surface area contributed by atoms with Crippen LogP contribution in [0.3, 0.4) is 0 Å². The van der Waals surface area contributed by atoms with Gasteiger partial charge in [0.1, 0.15) is 6.04 Å². The summed E-state index contributed by atoms with van der Waals surface area (Å²) >= 11 is 0. The Balaban J connectivity index is 1.71. The average Bonchev–Trinajstić information content (AvgIpc) is 3.39. The zero-order valence-electron chi connectivity index (χ0n) is 27.2. The van der Waals surface area contributed by atoms with Crippen LogP contribution < -0.4 is 17.0 Å². The summed E-state index contributed by atoms with van der Waals surface area (Å²) in [6.45, 7) is 6.57. The summed E-state index contributed by atoms with van der Waals surface area (Å²) < 4.78 is 12.7. The van der Waals surface area contributed by atoms with Gasteiger partial charge >= 0.3 is 11.9 Å². The maximum atomic E-state index is 12.5. The lowest BCUT2D eigenvalue weighted by atomic mass is 10.1. The van der Waals surface area contributed by atoms with Crippen molar-refractivity contribution >= 4 is 29.1 Å². The second-order valence-corrected chi connectivity index (χ2v) is 12.1. The number of aromatic amines is 1. The van der Waals surface area contributed by atoms with Gasteiger partial charge in [0.15, 0.2) is 11.2 Å². The van der Waals surface area contributed by atoms with Gasteiger partial charge in [0, 0.05) is 18.9 Å². The maximum absolute atomic E-state index is 12.5. The van der Waals surface area contributed by atoms with Crippen molar-refractivity contribution in [3.63, 3.8) is 0 Å². The fourth-order valence-electron chi connectivity index (χ4n) is 4.93. The Labute approximate surface area is 262 Å². The van der Waals surface area contributed by atoms with E-state index in [1.54, 1.807) is 4.57 Å². The highest BCUT2D eigenvalue weighted by Crippen LogP contribution is 2.15. The molecule has 0 unspecified atom stereocenters. The zero-order valence-corrected chi connectivity index (χ0v) is 27.2. The number of nitrogens with one attached hydrogen (secondary N) is 1. The summed E-state index contributed by atoms with van der Waals surface area (Å²) in [5.41, 5.74) is 11.7. The van der Waals surface area contributed by atoms with Crippen LogP contribution in [0.2, 0.25) is 0 Å². The molecule has 0 aromatic carbocycles. The van der Waals surface area contributed by atoms with Crippen molar-refractivity contribution in [2.45, 2.75) is 130 Å². The third-order valence-corrected chi connectivity index (χ3v) is 7.83. The van der Waals surface area contributed by atoms with Crippen molar-refractivity contribution in [2.24, 2.45) is 17.6 Å². The summed E-state index contributed by atoms with van der Waals surface area (Å²) in [5, 5.41) is 0. The van der Waals surface area contributed by atoms with Crippen molar-refractivity contribution in [3.05, 3.63) is 28.8 Å². The van der Waals surface area contributed by atoms with Crippen LogP contribution in [0.15, 0.2) is 23.3 Å². The number of carbonyl (C=O) groups is 2. The number of ether oxygens (including phenoxy) is 2. The lowest BCUT2D eigenvalue weighted by Crippen LogP contribution is -2.37. The molecule has 0 fully saturated rings. The highest BCUT2D eigenvalue weighted by Gasteiger charge is 2.21. The van der Waals surface area contributed by atoms with Crippen molar-refractivity contribution in [1.29, 1.82) is 0 Å². The molecular weight excluding hydrogens is 560 g/mol. The second-order valence-electron chi connectivity index (χ2n) is 12.1. The number of aromatic nitrogens is 4. The number of hydrogen-bond donors (Lipinski definition) is 3. The molecule has 5 N–H and O–H groups in total. The molecular formula is C33H56N6O5. The first kappa shape index (κ1) is 37.0. The highest BCUT2D eigenvalue weighted by atomic mass is 16.5. The van der Waals surface area contributed by atoms with E-state index in [2.05, 4.69) is 34.0 Å². The van der Waals surface area contributed by atoms with Gasteiger partial charge in [-0.05, 0) is 44.4 Å². The number of rotatable bonds is 24. The Kier molecular flexibility index (Phi) is 18.1. The Hall–Kier alpha value is -3.21. The van der Waals surface area contributed by atoms with E-state index < -0.39 is 17.6 Å². The van der Waals surface area contributed by atoms with E-state index in [9.17, 15) is 14.4 Å². The Morgan fingerprint density at radius 3 is 2.27 bits per heavy atom. The quantitative estimate of drug-likeness (QED) is 0.0748. The monoisotopic (exact) mass is 616 g/mol. The molecule has 2 aromatic heterocycles. The molecule has 0 saturated heterocycles. The number of fused-ring (bicyclic) bond motifs is 1. The van der Waals surface area contributed by atoms with E-state index in [1.807, 2.05) is 13.8 Å². The van der Waals surface area contributed by atoms with Crippen molar-refractivity contribution in [1.82, 2.24) is 19.5 Å². The molecule has 44 heavy (non-hydrogen) atoms. The fraction of sp³-hybridized carbons (Fsp3) is 0.727. The molecule has 11 heteroatoms. The maximum Gasteiger partial charge on any atom is 0.323 e. The van der Waals surface area contributed by atoms with Crippen LogP contribution in [0.5, 0.6) is 0 Å². The summed E-state index contributed by atoms with van der Waals surface area (Å²) in [4.78, 5) is 47.7. The van der Waals surface area contributed by atoms with Crippen LogP contribution in [0.1, 0.15) is 117 Å². The van der Waals surface area contributed by atoms with E-state index >= 15 is 0 Å². The van der Waals surface area contributed by atoms with Gasteiger partial charge in [0.2, 0.25) is 5.95 Å². The molecule has 0 saturated carbocycles. The van der Waals surface area contributed by atoms with Crippen LogP contribution in [-0.2, 0) is 25.6 Å². The predicted octanol–water partition coefficient (Wildman–Crippen LogP) is 5.82. The van der Waals surface area contributed by atoms with Gasteiger partial charge in [-0.25, -0.2) is 4.98 Å². The van der Waals surface area contributed by atoms with E-state index in [1.165, 1.54) is 57.7 Å². The number of anilines is 1. The number of nitrogen functional groups attached to an aromatic ring is 1. The number of unbranched alkanes of at least 4 members (excludes halogenated alkanes) is 11. The van der Waals surface area contributed by atoms with Gasteiger partial charge in [0.05, 0.1) is 19.5 Å². The number of imidazole rings is 1. The number of esters is 2. The molecule has 0 aliphatic carbocycles. The summed E-state index contributed by atoms with van der Waals surface area (Å²) in [7, 11) is 0. The molecule has 0 aliphatic heterocycles. The van der Waals surface area contributed by atoms with Crippen molar-refractivity contribution in [2.75, 3.05) is 18.9 Å². The number of hydrogen-bond acceptors (Lipinski definition) is 9. The van der Waals surface area contributed by atoms with Gasteiger partial charge in [-0.2, -0.15) is 4.98 Å². The molecule has 0 spiro atoms. The lowest BCUT2D eigenvalue weighted by molar-refractivity contribution is -0.149. The van der Waals surface area contributed by atoms with Crippen LogP contribution in [0, 0.1) is 11.8 Å². The van der Waals surface area contributed by atoms with E-state index in [4.69, 9.17) is 20.9 Å². The van der Waals surface area contributed by atoms with Crippen LogP contribution in [-0.4, -0.2) is 50.7 Å². The molecule has 248 valence electrons. The molecule has 2 atom stereocenters. The third-order valence-electron chi connectivity index (χ3n) is 7.83.